The lowest BCUT2D eigenvalue weighted by Crippen LogP contribution is -1.93. The molecule has 0 atom stereocenters. The molecular weight excluding hydrogens is 184 g/mol. The first-order valence-electron chi connectivity index (χ1n) is 4.09. The lowest BCUT2D eigenvalue weighted by molar-refractivity contribution is 0.108. The van der Waals surface area contributed by atoms with Crippen LogP contribution in [0.4, 0.5) is 0 Å². The minimum atomic E-state index is 0.116. The molecule has 0 aliphatic rings. The maximum Gasteiger partial charge on any atom is 0.219 e. The van der Waals surface area contributed by atoms with Crippen LogP contribution >= 0.6 is 11.8 Å². The molecule has 0 fully saturated rings. The van der Waals surface area contributed by atoms with Gasteiger partial charge in [-0.1, -0.05) is 18.7 Å². The molecular formula is C10H12O2S. The summed E-state index contributed by atoms with van der Waals surface area (Å²) in [6, 6.07) is 7.15. The summed E-state index contributed by atoms with van der Waals surface area (Å²) in [6.45, 7) is 1.96. The van der Waals surface area contributed by atoms with Crippen LogP contribution in [0.25, 0.3) is 0 Å². The van der Waals surface area contributed by atoms with Gasteiger partial charge in [-0.05, 0) is 30.0 Å². The molecule has 0 aliphatic heterocycles. The quantitative estimate of drug-likeness (QED) is 0.743. The van der Waals surface area contributed by atoms with E-state index in [0.717, 1.165) is 17.1 Å². The zero-order chi connectivity index (χ0) is 9.68. The normalized spacial score (nSPS) is 9.69. The predicted octanol–water partition coefficient (Wildman–Crippen LogP) is 2.59. The van der Waals surface area contributed by atoms with Crippen LogP contribution in [-0.4, -0.2) is 18.0 Å². The molecule has 0 spiro atoms. The van der Waals surface area contributed by atoms with Gasteiger partial charge in [0.1, 0.15) is 5.75 Å². The van der Waals surface area contributed by atoms with E-state index in [1.54, 1.807) is 31.4 Å². The maximum absolute atomic E-state index is 11.4. The number of benzene rings is 1. The average Bonchev–Trinajstić information content (AvgIpc) is 2.18. The molecule has 0 bridgehead atoms. The highest BCUT2D eigenvalue weighted by molar-refractivity contribution is 8.14. The van der Waals surface area contributed by atoms with Crippen LogP contribution in [0.15, 0.2) is 24.3 Å². The van der Waals surface area contributed by atoms with Gasteiger partial charge in [0.15, 0.2) is 0 Å². The van der Waals surface area contributed by atoms with Gasteiger partial charge in [-0.25, -0.2) is 0 Å². The summed E-state index contributed by atoms with van der Waals surface area (Å²) in [6.07, 6.45) is 0. The van der Waals surface area contributed by atoms with Crippen LogP contribution in [0.3, 0.4) is 0 Å². The van der Waals surface area contributed by atoms with Crippen molar-refractivity contribution in [2.24, 2.45) is 0 Å². The van der Waals surface area contributed by atoms with Crippen LogP contribution in [0, 0.1) is 0 Å². The number of hydrogen-bond acceptors (Lipinski definition) is 3. The zero-order valence-corrected chi connectivity index (χ0v) is 8.56. The summed E-state index contributed by atoms with van der Waals surface area (Å²) in [5.74, 6) is 1.59. The van der Waals surface area contributed by atoms with E-state index in [2.05, 4.69) is 0 Å². The first kappa shape index (κ1) is 10.1. The summed E-state index contributed by atoms with van der Waals surface area (Å²) in [4.78, 5) is 11.4. The van der Waals surface area contributed by atoms with Gasteiger partial charge in [-0.2, -0.15) is 0 Å². The SMILES string of the molecule is CCSC(=O)c1ccc(OC)cc1. The molecule has 3 heteroatoms. The van der Waals surface area contributed by atoms with Crippen LogP contribution in [0.2, 0.25) is 0 Å². The fraction of sp³-hybridized carbons (Fsp3) is 0.300. The lowest BCUT2D eigenvalue weighted by Gasteiger charge is -2.00. The van der Waals surface area contributed by atoms with Crippen LogP contribution in [0.5, 0.6) is 5.75 Å². The Morgan fingerprint density at radius 3 is 2.46 bits per heavy atom. The average molecular weight is 196 g/mol. The minimum absolute atomic E-state index is 0.116. The number of carbonyl (C=O) groups excluding carboxylic acids is 1. The molecule has 70 valence electrons. The fourth-order valence-electron chi connectivity index (χ4n) is 0.942. The van der Waals surface area contributed by atoms with E-state index in [1.165, 1.54) is 11.8 Å². The molecule has 1 aromatic carbocycles. The molecule has 0 unspecified atom stereocenters. The van der Waals surface area contributed by atoms with Crippen molar-refractivity contribution < 1.29 is 9.53 Å². The standard InChI is InChI=1S/C10H12O2S/c1-3-13-10(11)8-4-6-9(12-2)7-5-8/h4-7H,3H2,1-2H3. The van der Waals surface area contributed by atoms with E-state index in [1.807, 2.05) is 6.92 Å². The first-order chi connectivity index (χ1) is 6.27. The number of ether oxygens (including phenoxy) is 1. The third kappa shape index (κ3) is 2.77. The van der Waals surface area contributed by atoms with Gasteiger partial charge < -0.3 is 4.74 Å². The van der Waals surface area contributed by atoms with Gasteiger partial charge in [-0.15, -0.1) is 0 Å². The van der Waals surface area contributed by atoms with Gasteiger partial charge in [0.25, 0.3) is 0 Å². The Morgan fingerprint density at radius 1 is 1.38 bits per heavy atom. The molecule has 0 aliphatic carbocycles. The Bertz CT molecular complexity index is 279. The monoisotopic (exact) mass is 196 g/mol. The van der Waals surface area contributed by atoms with Crippen molar-refractivity contribution in [3.05, 3.63) is 29.8 Å². The van der Waals surface area contributed by atoms with Gasteiger partial charge in [0.05, 0.1) is 7.11 Å². The molecule has 1 aromatic rings. The first-order valence-corrected chi connectivity index (χ1v) is 5.07. The third-order valence-electron chi connectivity index (χ3n) is 1.60. The second-order valence-corrected chi connectivity index (χ2v) is 3.69. The van der Waals surface area contributed by atoms with Crippen molar-refractivity contribution in [2.75, 3.05) is 12.9 Å². The van der Waals surface area contributed by atoms with E-state index in [0.29, 0.717) is 0 Å². The molecule has 0 N–H and O–H groups in total. The smallest absolute Gasteiger partial charge is 0.219 e. The summed E-state index contributed by atoms with van der Waals surface area (Å²) < 4.78 is 4.99. The van der Waals surface area contributed by atoms with Gasteiger partial charge in [0, 0.05) is 5.56 Å². The molecule has 2 nitrogen and oxygen atoms in total. The highest BCUT2D eigenvalue weighted by Crippen LogP contribution is 2.16. The predicted molar refractivity (Wildman–Crippen MR) is 55.5 cm³/mol. The third-order valence-corrected chi connectivity index (χ3v) is 2.39. The molecule has 0 saturated carbocycles. The topological polar surface area (TPSA) is 26.3 Å². The molecule has 13 heavy (non-hydrogen) atoms. The Morgan fingerprint density at radius 2 is 2.00 bits per heavy atom. The van der Waals surface area contributed by atoms with Crippen LogP contribution < -0.4 is 4.74 Å². The second-order valence-electron chi connectivity index (χ2n) is 2.45. The van der Waals surface area contributed by atoms with Gasteiger partial charge in [-0.3, -0.25) is 4.79 Å². The van der Waals surface area contributed by atoms with Crippen molar-refractivity contribution in [1.29, 1.82) is 0 Å². The Kier molecular flexibility index (Phi) is 3.83. The molecule has 0 radical (unpaired) electrons. The van der Waals surface area contributed by atoms with Crippen molar-refractivity contribution in [3.8, 4) is 5.75 Å². The molecule has 0 aromatic heterocycles. The van der Waals surface area contributed by atoms with Gasteiger partial charge >= 0.3 is 0 Å². The number of methoxy groups -OCH3 is 1. The highest BCUT2D eigenvalue weighted by Gasteiger charge is 2.04. The fourth-order valence-corrected chi connectivity index (χ4v) is 1.51. The molecule has 1 rings (SSSR count). The Hall–Kier alpha value is -0.960. The van der Waals surface area contributed by atoms with Crippen molar-refractivity contribution in [3.63, 3.8) is 0 Å². The van der Waals surface area contributed by atoms with Crippen molar-refractivity contribution >= 4 is 16.9 Å². The summed E-state index contributed by atoms with van der Waals surface area (Å²) in [5.41, 5.74) is 0.729. The number of thioether (sulfide) groups is 1. The van der Waals surface area contributed by atoms with Crippen molar-refractivity contribution in [2.45, 2.75) is 6.92 Å². The second kappa shape index (κ2) is 4.92. The van der Waals surface area contributed by atoms with E-state index in [4.69, 9.17) is 4.74 Å². The van der Waals surface area contributed by atoms with E-state index in [9.17, 15) is 4.79 Å². The van der Waals surface area contributed by atoms with Crippen LogP contribution in [-0.2, 0) is 0 Å². The van der Waals surface area contributed by atoms with E-state index < -0.39 is 0 Å². The molecule has 0 amide bonds. The zero-order valence-electron chi connectivity index (χ0n) is 7.74. The number of hydrogen-bond donors (Lipinski definition) is 0. The van der Waals surface area contributed by atoms with Gasteiger partial charge in [0.2, 0.25) is 5.12 Å². The molecule has 0 saturated heterocycles. The largest absolute Gasteiger partial charge is 0.497 e. The summed E-state index contributed by atoms with van der Waals surface area (Å²) in [7, 11) is 1.61. The van der Waals surface area contributed by atoms with E-state index in [-0.39, 0.29) is 5.12 Å². The maximum atomic E-state index is 11.4. The Labute approximate surface area is 82.3 Å². The number of rotatable bonds is 3. The van der Waals surface area contributed by atoms with Crippen molar-refractivity contribution in [1.82, 2.24) is 0 Å². The summed E-state index contributed by atoms with van der Waals surface area (Å²) >= 11 is 1.32. The minimum Gasteiger partial charge on any atom is -0.497 e. The molecule has 0 heterocycles. The summed E-state index contributed by atoms with van der Waals surface area (Å²) in [5, 5.41) is 0.116. The Balaban J connectivity index is 2.74. The van der Waals surface area contributed by atoms with Crippen LogP contribution in [0.1, 0.15) is 17.3 Å². The number of carbonyl (C=O) groups is 1. The van der Waals surface area contributed by atoms with E-state index >= 15 is 0 Å². The lowest BCUT2D eigenvalue weighted by atomic mass is 10.2. The highest BCUT2D eigenvalue weighted by atomic mass is 32.2.